The summed E-state index contributed by atoms with van der Waals surface area (Å²) < 4.78 is 5.23. The van der Waals surface area contributed by atoms with Gasteiger partial charge in [0, 0.05) is 0 Å². The molecule has 4 rings (SSSR count). The van der Waals surface area contributed by atoms with Crippen LogP contribution in [0, 0.1) is 10.1 Å². The third kappa shape index (κ3) is 3.72. The number of methoxy groups -OCH3 is 1. The zero-order chi connectivity index (χ0) is 22.6. The molecule has 0 N–H and O–H groups in total. The normalized spacial score (nSPS) is 12.5. The average Bonchev–Trinajstić information content (AvgIpc) is 2.85. The first kappa shape index (κ1) is 22.2. The molecule has 0 amide bonds. The minimum absolute atomic E-state index is 0.0308. The molecule has 0 radical (unpaired) electrons. The Kier molecular flexibility index (Phi) is 6.14. The maximum absolute atomic E-state index is 11.7. The van der Waals surface area contributed by atoms with E-state index in [1.807, 2.05) is 60.7 Å². The van der Waals surface area contributed by atoms with Crippen molar-refractivity contribution in [3.05, 3.63) is 125 Å². The Morgan fingerprint density at radius 2 is 1.22 bits per heavy atom. The van der Waals surface area contributed by atoms with Crippen LogP contribution in [0.4, 0.5) is 5.69 Å². The summed E-state index contributed by atoms with van der Waals surface area (Å²) in [6.45, 7) is 0. The van der Waals surface area contributed by atoms with E-state index >= 15 is 0 Å². The Morgan fingerprint density at radius 3 is 1.59 bits per heavy atom. The molecule has 4 nitrogen and oxygen atoms in total. The molecule has 6 heteroatoms. The van der Waals surface area contributed by atoms with E-state index in [9.17, 15) is 10.1 Å². The van der Waals surface area contributed by atoms with E-state index in [1.54, 1.807) is 12.1 Å². The number of hydrogen-bond donors (Lipinski definition) is 0. The number of benzene rings is 4. The van der Waals surface area contributed by atoms with Crippen molar-refractivity contribution in [2.45, 2.75) is 6.16 Å². The van der Waals surface area contributed by atoms with Crippen LogP contribution in [0.25, 0.3) is 0 Å². The molecule has 0 fully saturated rings. The third-order valence-electron chi connectivity index (χ3n) is 5.80. The average molecular weight is 508 g/mol. The molecule has 0 aliphatic rings. The Morgan fingerprint density at radius 1 is 0.781 bits per heavy atom. The van der Waals surface area contributed by atoms with Gasteiger partial charge in [-0.25, -0.2) is 0 Å². The van der Waals surface area contributed by atoms with E-state index in [4.69, 9.17) is 4.74 Å². The monoisotopic (exact) mass is 507 g/mol. The fourth-order valence-electron chi connectivity index (χ4n) is 4.26. The molecule has 0 bridgehead atoms. The summed E-state index contributed by atoms with van der Waals surface area (Å²) in [5, 5.41) is 12.0. The van der Waals surface area contributed by atoms with Gasteiger partial charge in [-0.3, -0.25) is 0 Å². The summed E-state index contributed by atoms with van der Waals surface area (Å²) in [6.07, 6.45) is 0.578. The van der Waals surface area contributed by atoms with Gasteiger partial charge >= 0.3 is 196 Å². The number of nitro groups is 1. The molecule has 0 saturated heterocycles. The summed E-state index contributed by atoms with van der Waals surface area (Å²) >= 11 is 4.38. The van der Waals surface area contributed by atoms with E-state index in [-0.39, 0.29) is 16.4 Å². The quantitative estimate of drug-likeness (QED) is 0.176. The predicted molar refractivity (Wildman–Crippen MR) is 137 cm³/mol. The van der Waals surface area contributed by atoms with Crippen molar-refractivity contribution < 1.29 is 9.66 Å². The molecular weight excluding hydrogens is 485 g/mol. The first-order chi connectivity index (χ1) is 15.5. The van der Waals surface area contributed by atoms with Crippen molar-refractivity contribution in [1.82, 2.24) is 0 Å². The molecule has 4 aromatic carbocycles. The SMILES string of the molecule is COc1ccc(CP(Br)(c2ccccc2)(c2ccccc2)c2ccccc2)cc1[N+](=O)[O-]. The Hall–Kier alpha value is -3.01. The van der Waals surface area contributed by atoms with E-state index < -0.39 is 5.31 Å². The van der Waals surface area contributed by atoms with Crippen molar-refractivity contribution in [2.75, 3.05) is 7.11 Å². The van der Waals surface area contributed by atoms with E-state index in [0.29, 0.717) is 6.16 Å². The first-order valence-corrected chi connectivity index (χ1v) is 14.6. The van der Waals surface area contributed by atoms with Gasteiger partial charge in [-0.05, 0) is 0 Å². The van der Waals surface area contributed by atoms with Crippen LogP contribution >= 0.6 is 20.8 Å². The van der Waals surface area contributed by atoms with Crippen LogP contribution in [0.5, 0.6) is 5.75 Å². The zero-order valence-electron chi connectivity index (χ0n) is 17.6. The summed E-state index contributed by atoms with van der Waals surface area (Å²) in [6, 6.07) is 36.4. The topological polar surface area (TPSA) is 52.4 Å². The van der Waals surface area contributed by atoms with Crippen molar-refractivity contribution in [2.24, 2.45) is 0 Å². The fourth-order valence-corrected chi connectivity index (χ4v) is 12.0. The van der Waals surface area contributed by atoms with Crippen molar-refractivity contribution in [3.8, 4) is 5.75 Å². The van der Waals surface area contributed by atoms with Crippen molar-refractivity contribution in [1.29, 1.82) is 0 Å². The summed E-state index contributed by atoms with van der Waals surface area (Å²) in [5.74, 6) is 0.257. The van der Waals surface area contributed by atoms with Crippen LogP contribution in [-0.4, -0.2) is 12.0 Å². The Bertz CT molecular complexity index is 1130. The molecule has 0 spiro atoms. The summed E-state index contributed by atoms with van der Waals surface area (Å²) in [7, 11) is 1.45. The van der Waals surface area contributed by atoms with Gasteiger partial charge in [0.25, 0.3) is 0 Å². The number of ether oxygens (including phenoxy) is 1. The van der Waals surface area contributed by atoms with Gasteiger partial charge in [-0.1, -0.05) is 0 Å². The number of hydrogen-bond acceptors (Lipinski definition) is 3. The van der Waals surface area contributed by atoms with Crippen LogP contribution in [0.15, 0.2) is 109 Å². The fraction of sp³-hybridized carbons (Fsp3) is 0.0769. The number of rotatable bonds is 7. The molecule has 32 heavy (non-hydrogen) atoms. The van der Waals surface area contributed by atoms with Gasteiger partial charge < -0.3 is 0 Å². The molecule has 162 valence electrons. The minimum atomic E-state index is -3.22. The van der Waals surface area contributed by atoms with Crippen LogP contribution < -0.4 is 20.7 Å². The Labute approximate surface area is 195 Å². The van der Waals surface area contributed by atoms with E-state index in [2.05, 4.69) is 51.9 Å². The van der Waals surface area contributed by atoms with E-state index in [1.165, 1.54) is 7.11 Å². The van der Waals surface area contributed by atoms with Gasteiger partial charge in [0.1, 0.15) is 0 Å². The second-order valence-corrected chi connectivity index (χ2v) is 16.5. The molecule has 0 heterocycles. The first-order valence-electron chi connectivity index (χ1n) is 10.2. The summed E-state index contributed by atoms with van der Waals surface area (Å²) in [5.41, 5.74) is 0.834. The van der Waals surface area contributed by atoms with Crippen molar-refractivity contribution in [3.63, 3.8) is 0 Å². The molecule has 0 saturated carbocycles. The molecule has 0 aliphatic heterocycles. The number of nitrogens with zero attached hydrogens (tertiary/aromatic N) is 1. The standard InChI is InChI=1S/C26H23BrNO3P/c1-31-26-18-17-21(19-25(26)28(29)30)20-32(27,22-11-5-2-6-12-22,23-13-7-3-8-14-23)24-15-9-4-10-16-24/h2-19H,20H2,1H3. The van der Waals surface area contributed by atoms with Crippen LogP contribution in [0.2, 0.25) is 0 Å². The third-order valence-corrected chi connectivity index (χ3v) is 15.3. The second-order valence-electron chi connectivity index (χ2n) is 7.61. The second kappa shape index (κ2) is 8.85. The molecule has 0 atom stereocenters. The van der Waals surface area contributed by atoms with Gasteiger partial charge in [0.15, 0.2) is 0 Å². The van der Waals surface area contributed by atoms with Crippen molar-refractivity contribution >= 4 is 42.4 Å². The number of halogens is 1. The van der Waals surface area contributed by atoms with Crippen LogP contribution in [-0.2, 0) is 6.16 Å². The predicted octanol–water partition coefficient (Wildman–Crippen LogP) is 5.94. The van der Waals surface area contributed by atoms with Gasteiger partial charge in [0.2, 0.25) is 0 Å². The van der Waals surface area contributed by atoms with Gasteiger partial charge in [-0.15, -0.1) is 0 Å². The molecule has 0 aromatic heterocycles. The maximum atomic E-state index is 11.7. The summed E-state index contributed by atoms with van der Waals surface area (Å²) in [4.78, 5) is 11.3. The molecule has 4 aromatic rings. The molecule has 0 aliphatic carbocycles. The van der Waals surface area contributed by atoms with Gasteiger partial charge in [-0.2, -0.15) is 0 Å². The van der Waals surface area contributed by atoms with Crippen LogP contribution in [0.1, 0.15) is 5.56 Å². The zero-order valence-corrected chi connectivity index (χ0v) is 20.1. The number of nitro benzene ring substituents is 1. The van der Waals surface area contributed by atoms with Gasteiger partial charge in [0.05, 0.1) is 0 Å². The van der Waals surface area contributed by atoms with E-state index in [0.717, 1.165) is 21.5 Å². The Balaban J connectivity index is 2.05. The molecular formula is C26H23BrNO3P. The van der Waals surface area contributed by atoms with Crippen LogP contribution in [0.3, 0.4) is 0 Å². The molecule has 0 unspecified atom stereocenters.